The van der Waals surface area contributed by atoms with Crippen LogP contribution in [0, 0.1) is 5.92 Å². The molecule has 0 saturated heterocycles. The lowest BCUT2D eigenvalue weighted by Gasteiger charge is -2.27. The molecule has 0 heterocycles. The minimum absolute atomic E-state index is 0.104. The quantitative estimate of drug-likeness (QED) is 0.373. The molecule has 0 bridgehead atoms. The zero-order valence-electron chi connectivity index (χ0n) is 18.5. The average molecular weight is 450 g/mol. The third-order valence-corrected chi connectivity index (χ3v) is 5.16. The average Bonchev–Trinajstić information content (AvgIpc) is 2.83. The van der Waals surface area contributed by atoms with Gasteiger partial charge in [0.2, 0.25) is 5.91 Å². The molecule has 0 aliphatic heterocycles. The molecule has 2 aromatic carbocycles. The third kappa shape index (κ3) is 8.07. The van der Waals surface area contributed by atoms with E-state index in [1.54, 1.807) is 30.3 Å². The number of allylic oxidation sites excluding steroid dienone is 3. The summed E-state index contributed by atoms with van der Waals surface area (Å²) in [6, 6.07) is 13.0. The van der Waals surface area contributed by atoms with E-state index in [9.17, 15) is 14.7 Å². The van der Waals surface area contributed by atoms with Gasteiger partial charge >= 0.3 is 5.97 Å². The van der Waals surface area contributed by atoms with Crippen molar-refractivity contribution < 1.29 is 19.8 Å². The summed E-state index contributed by atoms with van der Waals surface area (Å²) in [7, 11) is 0. The number of nitrogens with one attached hydrogen (secondary N) is 2. The molecule has 3 rings (SSSR count). The Bertz CT molecular complexity index is 985. The summed E-state index contributed by atoms with van der Waals surface area (Å²) in [5, 5.41) is 24.4. The second kappa shape index (κ2) is 13.0. The van der Waals surface area contributed by atoms with Crippen LogP contribution in [-0.2, 0) is 16.0 Å². The number of nitrogens with two attached hydrogens (primary N) is 1. The number of amides is 1. The topological polar surface area (TPSA) is 125 Å². The van der Waals surface area contributed by atoms with Crippen molar-refractivity contribution in [2.45, 2.75) is 24.9 Å². The van der Waals surface area contributed by atoms with Crippen molar-refractivity contribution in [1.82, 2.24) is 5.32 Å². The first-order valence-electron chi connectivity index (χ1n) is 10.6. The summed E-state index contributed by atoms with van der Waals surface area (Å²) in [6.07, 6.45) is 9.16. The molecule has 1 amide bonds. The molecule has 0 saturated carbocycles. The number of benzene rings is 2. The molecule has 3 unspecified atom stereocenters. The van der Waals surface area contributed by atoms with E-state index < -0.39 is 12.0 Å². The number of carboxylic acids is 1. The van der Waals surface area contributed by atoms with Gasteiger partial charge in [0, 0.05) is 17.6 Å². The van der Waals surface area contributed by atoms with Crippen LogP contribution in [0.25, 0.3) is 0 Å². The summed E-state index contributed by atoms with van der Waals surface area (Å²) in [5.41, 5.74) is 8.40. The van der Waals surface area contributed by atoms with Gasteiger partial charge in [-0.2, -0.15) is 0 Å². The molecule has 1 aliphatic carbocycles. The Hall–Kier alpha value is -3.68. The normalized spacial score (nSPS) is 16.2. The maximum absolute atomic E-state index is 12.6. The summed E-state index contributed by atoms with van der Waals surface area (Å²) in [4.78, 5) is 23.7. The predicted molar refractivity (Wildman–Crippen MR) is 131 cm³/mol. The number of aromatic hydroxyl groups is 1. The van der Waals surface area contributed by atoms with E-state index in [4.69, 9.17) is 10.8 Å². The summed E-state index contributed by atoms with van der Waals surface area (Å²) in [6.45, 7) is 5.84. The van der Waals surface area contributed by atoms with Gasteiger partial charge in [-0.15, -0.1) is 13.2 Å². The van der Waals surface area contributed by atoms with E-state index >= 15 is 0 Å². The number of carbonyl (C=O) groups excluding carboxylic acids is 1. The fourth-order valence-electron chi connectivity index (χ4n) is 3.58. The predicted octanol–water partition coefficient (Wildman–Crippen LogP) is 3.55. The smallest absolute Gasteiger partial charge is 0.317 e. The molecule has 0 radical (unpaired) electrons. The van der Waals surface area contributed by atoms with E-state index in [1.165, 1.54) is 0 Å². The van der Waals surface area contributed by atoms with Crippen LogP contribution in [0.3, 0.4) is 0 Å². The number of aliphatic carboxylic acids is 1. The fraction of sp³-hybridized carbons (Fsp3) is 0.231. The Morgan fingerprint density at radius 2 is 1.85 bits per heavy atom. The van der Waals surface area contributed by atoms with E-state index in [2.05, 4.69) is 29.9 Å². The number of phenolic OH excluding ortho intramolecular Hbond substituents is 1. The summed E-state index contributed by atoms with van der Waals surface area (Å²) in [5.74, 6) is -0.981. The molecular formula is C26H31N3O4. The molecule has 174 valence electrons. The second-order valence-corrected chi connectivity index (χ2v) is 7.56. The van der Waals surface area contributed by atoms with Gasteiger partial charge < -0.3 is 21.3 Å². The molecule has 2 aromatic rings. The molecule has 3 atom stereocenters. The van der Waals surface area contributed by atoms with E-state index in [0.29, 0.717) is 12.1 Å². The Morgan fingerprint density at radius 3 is 2.48 bits per heavy atom. The molecule has 7 nitrogen and oxygen atoms in total. The van der Waals surface area contributed by atoms with Crippen molar-refractivity contribution in [2.24, 2.45) is 11.7 Å². The van der Waals surface area contributed by atoms with Crippen molar-refractivity contribution in [3.8, 4) is 5.75 Å². The monoisotopic (exact) mass is 449 g/mol. The van der Waals surface area contributed by atoms with Gasteiger partial charge in [-0.05, 0) is 48.2 Å². The number of phenols is 1. The summed E-state index contributed by atoms with van der Waals surface area (Å²) >= 11 is 0. The number of hydrogen-bond donors (Lipinski definition) is 5. The van der Waals surface area contributed by atoms with Crippen molar-refractivity contribution in [2.75, 3.05) is 11.9 Å². The molecule has 0 spiro atoms. The third-order valence-electron chi connectivity index (χ3n) is 5.16. The van der Waals surface area contributed by atoms with Crippen LogP contribution in [0.2, 0.25) is 0 Å². The Balaban J connectivity index is 0.00000187. The SMILES string of the molecule is C=C.NC(Cc1ccc(O)cc1)C(=O)Nc1cccc(C(NCC(=O)O)C2C=CC=CC2)c1. The highest BCUT2D eigenvalue weighted by Gasteiger charge is 2.22. The molecule has 7 heteroatoms. The molecule has 6 N–H and O–H groups in total. The van der Waals surface area contributed by atoms with E-state index in [0.717, 1.165) is 17.5 Å². The van der Waals surface area contributed by atoms with Gasteiger partial charge in [-0.1, -0.05) is 48.6 Å². The van der Waals surface area contributed by atoms with Crippen molar-refractivity contribution in [3.63, 3.8) is 0 Å². The van der Waals surface area contributed by atoms with Gasteiger partial charge in [0.05, 0.1) is 12.6 Å². The molecule has 33 heavy (non-hydrogen) atoms. The lowest BCUT2D eigenvalue weighted by Crippen LogP contribution is -2.37. The fourth-order valence-corrected chi connectivity index (χ4v) is 3.58. The standard InChI is InChI=1S/C24H27N3O4.C2H4/c25-21(13-16-9-11-20(28)12-10-16)24(31)27-19-8-4-7-18(14-19)23(26-15-22(29)30)17-5-2-1-3-6-17;1-2/h1-5,7-12,14,17,21,23,26,28H,6,13,15,25H2,(H,27,31)(H,29,30);1-2H2. The van der Waals surface area contributed by atoms with E-state index in [-0.39, 0.29) is 30.2 Å². The maximum Gasteiger partial charge on any atom is 0.317 e. The molecule has 1 aliphatic rings. The Labute approximate surface area is 194 Å². The van der Waals surface area contributed by atoms with Crippen molar-refractivity contribution in [3.05, 3.63) is 97.1 Å². The van der Waals surface area contributed by atoms with Gasteiger partial charge in [0.15, 0.2) is 0 Å². The van der Waals surface area contributed by atoms with Crippen molar-refractivity contribution >= 4 is 17.6 Å². The van der Waals surface area contributed by atoms with Crippen LogP contribution in [0.15, 0.2) is 86.0 Å². The lowest BCUT2D eigenvalue weighted by molar-refractivity contribution is -0.136. The Morgan fingerprint density at radius 1 is 1.12 bits per heavy atom. The highest BCUT2D eigenvalue weighted by molar-refractivity contribution is 5.94. The van der Waals surface area contributed by atoms with Crippen LogP contribution in [0.4, 0.5) is 5.69 Å². The zero-order chi connectivity index (χ0) is 24.2. The minimum atomic E-state index is -0.926. The number of rotatable bonds is 9. The van der Waals surface area contributed by atoms with Crippen LogP contribution >= 0.6 is 0 Å². The van der Waals surface area contributed by atoms with Gasteiger partial charge in [-0.25, -0.2) is 0 Å². The second-order valence-electron chi connectivity index (χ2n) is 7.56. The van der Waals surface area contributed by atoms with Crippen molar-refractivity contribution in [1.29, 1.82) is 0 Å². The zero-order valence-corrected chi connectivity index (χ0v) is 18.5. The first-order valence-corrected chi connectivity index (χ1v) is 10.6. The lowest BCUT2D eigenvalue weighted by atomic mass is 9.87. The highest BCUT2D eigenvalue weighted by atomic mass is 16.4. The highest BCUT2D eigenvalue weighted by Crippen LogP contribution is 2.29. The number of anilines is 1. The van der Waals surface area contributed by atoms with Crippen LogP contribution in [0.1, 0.15) is 23.6 Å². The number of carbonyl (C=O) groups is 2. The number of hydrogen-bond acceptors (Lipinski definition) is 5. The van der Waals surface area contributed by atoms with Gasteiger partial charge in [0.25, 0.3) is 0 Å². The first kappa shape index (κ1) is 25.6. The Kier molecular flexibility index (Phi) is 10.1. The molecule has 0 aromatic heterocycles. The summed E-state index contributed by atoms with van der Waals surface area (Å²) < 4.78 is 0. The minimum Gasteiger partial charge on any atom is -0.508 e. The maximum atomic E-state index is 12.6. The van der Waals surface area contributed by atoms with Crippen LogP contribution < -0.4 is 16.4 Å². The van der Waals surface area contributed by atoms with Gasteiger partial charge in [-0.3, -0.25) is 14.9 Å². The van der Waals surface area contributed by atoms with Crippen LogP contribution in [0.5, 0.6) is 5.75 Å². The molecular weight excluding hydrogens is 418 g/mol. The van der Waals surface area contributed by atoms with E-state index in [1.807, 2.05) is 36.4 Å². The largest absolute Gasteiger partial charge is 0.508 e. The molecule has 0 fully saturated rings. The first-order chi connectivity index (χ1) is 15.9. The number of carboxylic acid groups (broad SMARTS) is 1. The van der Waals surface area contributed by atoms with Crippen LogP contribution in [-0.4, -0.2) is 34.7 Å². The van der Waals surface area contributed by atoms with Gasteiger partial charge in [0.1, 0.15) is 5.75 Å².